The van der Waals surface area contributed by atoms with E-state index in [1.807, 2.05) is 6.92 Å². The van der Waals surface area contributed by atoms with E-state index in [0.717, 1.165) is 5.57 Å². The van der Waals surface area contributed by atoms with E-state index in [1.54, 1.807) is 30.5 Å². The van der Waals surface area contributed by atoms with Crippen molar-refractivity contribution in [2.75, 3.05) is 11.1 Å². The second kappa shape index (κ2) is 5.58. The van der Waals surface area contributed by atoms with Crippen LogP contribution in [-0.2, 0) is 0 Å². The molecule has 1 rings (SSSR count). The fourth-order valence-electron chi connectivity index (χ4n) is 1.12. The van der Waals surface area contributed by atoms with Crippen LogP contribution in [0.4, 0.5) is 16.2 Å². The number of rotatable bonds is 2. The number of urea groups is 1. The van der Waals surface area contributed by atoms with E-state index in [2.05, 4.69) is 31.4 Å². The lowest BCUT2D eigenvalue weighted by atomic mass is 9.88. The van der Waals surface area contributed by atoms with Crippen molar-refractivity contribution in [2.24, 2.45) is 5.41 Å². The molecule has 0 saturated carbocycles. The van der Waals surface area contributed by atoms with Gasteiger partial charge in [-0.3, -0.25) is 0 Å². The molecule has 4 nitrogen and oxygen atoms in total. The minimum absolute atomic E-state index is 0.0501. The Hall–Kier alpha value is -1.97. The molecule has 0 radical (unpaired) electrons. The molecule has 0 aliphatic carbocycles. The molecule has 0 heterocycles. The maximum atomic E-state index is 11.6. The molecule has 0 aromatic heterocycles. The Bertz CT molecular complexity index is 441. The maximum Gasteiger partial charge on any atom is 0.323 e. The van der Waals surface area contributed by atoms with Gasteiger partial charge in [0.2, 0.25) is 0 Å². The molecule has 0 bridgehead atoms. The number of anilines is 2. The zero-order chi connectivity index (χ0) is 13.8. The van der Waals surface area contributed by atoms with Crippen LogP contribution in [0.2, 0.25) is 0 Å². The monoisotopic (exact) mass is 247 g/mol. The van der Waals surface area contributed by atoms with Gasteiger partial charge in [-0.05, 0) is 36.6 Å². The van der Waals surface area contributed by atoms with Crippen molar-refractivity contribution in [3.05, 3.63) is 36.0 Å². The number of allylic oxidation sites excluding steroid dienone is 1. The van der Waals surface area contributed by atoms with Crippen LogP contribution in [0.1, 0.15) is 27.7 Å². The lowest BCUT2D eigenvalue weighted by Gasteiger charge is -2.19. The molecule has 0 spiro atoms. The van der Waals surface area contributed by atoms with Gasteiger partial charge in [-0.25, -0.2) is 4.79 Å². The lowest BCUT2D eigenvalue weighted by molar-refractivity contribution is 0.255. The van der Waals surface area contributed by atoms with E-state index in [4.69, 9.17) is 5.73 Å². The summed E-state index contributed by atoms with van der Waals surface area (Å²) in [5, 5.41) is 5.43. The standard InChI is InChI=1S/C14H21N3O/c1-10(14(2,3)4)9-16-13(18)17-12-7-5-11(15)6-8-12/h5-9H,15H2,1-4H3,(H2,16,17,18)/b10-9+. The molecule has 0 unspecified atom stereocenters. The largest absolute Gasteiger partial charge is 0.399 e. The highest BCUT2D eigenvalue weighted by atomic mass is 16.2. The molecule has 18 heavy (non-hydrogen) atoms. The first-order valence-electron chi connectivity index (χ1n) is 5.89. The van der Waals surface area contributed by atoms with Crippen LogP contribution in [0.15, 0.2) is 36.0 Å². The molecule has 1 aromatic rings. The van der Waals surface area contributed by atoms with Crippen molar-refractivity contribution in [1.82, 2.24) is 5.32 Å². The van der Waals surface area contributed by atoms with Crippen LogP contribution >= 0.6 is 0 Å². The second-order valence-electron chi connectivity index (χ2n) is 5.30. The SMILES string of the molecule is C/C(=C\NC(=O)Nc1ccc(N)cc1)C(C)(C)C. The van der Waals surface area contributed by atoms with Gasteiger partial charge in [-0.15, -0.1) is 0 Å². The average molecular weight is 247 g/mol. The fraction of sp³-hybridized carbons (Fsp3) is 0.357. The topological polar surface area (TPSA) is 67.2 Å². The first-order chi connectivity index (χ1) is 8.29. The molecular weight excluding hydrogens is 226 g/mol. The predicted molar refractivity (Wildman–Crippen MR) is 76.2 cm³/mol. The number of carbonyl (C=O) groups is 1. The Morgan fingerprint density at radius 2 is 1.78 bits per heavy atom. The van der Waals surface area contributed by atoms with Crippen molar-refractivity contribution in [1.29, 1.82) is 0 Å². The average Bonchev–Trinajstić information content (AvgIpc) is 2.28. The Morgan fingerprint density at radius 1 is 1.22 bits per heavy atom. The number of benzene rings is 1. The van der Waals surface area contributed by atoms with Crippen LogP contribution in [0, 0.1) is 5.41 Å². The molecule has 0 saturated heterocycles. The van der Waals surface area contributed by atoms with Crippen LogP contribution in [0.5, 0.6) is 0 Å². The third-order valence-electron chi connectivity index (χ3n) is 2.77. The molecule has 0 aliphatic rings. The molecule has 1 aromatic carbocycles. The molecule has 0 atom stereocenters. The normalized spacial score (nSPS) is 12.1. The molecular formula is C14H21N3O. The van der Waals surface area contributed by atoms with E-state index in [9.17, 15) is 4.79 Å². The molecule has 2 amide bonds. The second-order valence-corrected chi connectivity index (χ2v) is 5.30. The summed E-state index contributed by atoms with van der Waals surface area (Å²) in [6.45, 7) is 8.28. The van der Waals surface area contributed by atoms with E-state index in [1.165, 1.54) is 0 Å². The molecule has 0 fully saturated rings. The van der Waals surface area contributed by atoms with Crippen molar-refractivity contribution >= 4 is 17.4 Å². The van der Waals surface area contributed by atoms with Gasteiger partial charge in [0.25, 0.3) is 0 Å². The van der Waals surface area contributed by atoms with Crippen LogP contribution in [0.3, 0.4) is 0 Å². The zero-order valence-electron chi connectivity index (χ0n) is 11.4. The van der Waals surface area contributed by atoms with Crippen LogP contribution in [0.25, 0.3) is 0 Å². The highest BCUT2D eigenvalue weighted by molar-refractivity contribution is 5.90. The van der Waals surface area contributed by atoms with E-state index < -0.39 is 0 Å². The Balaban J connectivity index is 2.55. The van der Waals surface area contributed by atoms with E-state index in [0.29, 0.717) is 11.4 Å². The number of carbonyl (C=O) groups excluding carboxylic acids is 1. The van der Waals surface area contributed by atoms with E-state index in [-0.39, 0.29) is 11.4 Å². The Labute approximate surface area is 108 Å². The number of nitrogens with two attached hydrogens (primary N) is 1. The van der Waals surface area contributed by atoms with Crippen LogP contribution in [-0.4, -0.2) is 6.03 Å². The van der Waals surface area contributed by atoms with Gasteiger partial charge >= 0.3 is 6.03 Å². The molecule has 0 aliphatic heterocycles. The minimum Gasteiger partial charge on any atom is -0.399 e. The lowest BCUT2D eigenvalue weighted by Crippen LogP contribution is -2.25. The summed E-state index contributed by atoms with van der Waals surface area (Å²) < 4.78 is 0. The fourth-order valence-corrected chi connectivity index (χ4v) is 1.12. The van der Waals surface area contributed by atoms with Crippen LogP contribution < -0.4 is 16.4 Å². The summed E-state index contributed by atoms with van der Waals surface area (Å²) >= 11 is 0. The number of nitrogen functional groups attached to an aromatic ring is 1. The Morgan fingerprint density at radius 3 is 2.28 bits per heavy atom. The third kappa shape index (κ3) is 4.49. The molecule has 4 heteroatoms. The molecule has 98 valence electrons. The summed E-state index contributed by atoms with van der Waals surface area (Å²) in [4.78, 5) is 11.6. The predicted octanol–water partition coefficient (Wildman–Crippen LogP) is 3.34. The third-order valence-corrected chi connectivity index (χ3v) is 2.77. The quantitative estimate of drug-likeness (QED) is 0.702. The van der Waals surface area contributed by atoms with Crippen molar-refractivity contribution in [2.45, 2.75) is 27.7 Å². The number of hydrogen-bond donors (Lipinski definition) is 3. The summed E-state index contributed by atoms with van der Waals surface area (Å²) in [6, 6.07) is 6.74. The summed E-state index contributed by atoms with van der Waals surface area (Å²) in [5.74, 6) is 0. The highest BCUT2D eigenvalue weighted by Crippen LogP contribution is 2.23. The first kappa shape index (κ1) is 14.1. The maximum absolute atomic E-state index is 11.6. The van der Waals surface area contributed by atoms with Gasteiger partial charge in [0.1, 0.15) is 0 Å². The van der Waals surface area contributed by atoms with Gasteiger partial charge in [-0.2, -0.15) is 0 Å². The number of hydrogen-bond acceptors (Lipinski definition) is 2. The first-order valence-corrected chi connectivity index (χ1v) is 5.89. The summed E-state index contributed by atoms with van der Waals surface area (Å²) in [7, 11) is 0. The van der Waals surface area contributed by atoms with Crippen molar-refractivity contribution in [3.63, 3.8) is 0 Å². The van der Waals surface area contributed by atoms with Gasteiger partial charge in [0.15, 0.2) is 0 Å². The van der Waals surface area contributed by atoms with Crippen molar-refractivity contribution in [3.8, 4) is 0 Å². The summed E-state index contributed by atoms with van der Waals surface area (Å²) in [5.41, 5.74) is 8.10. The van der Waals surface area contributed by atoms with Gasteiger partial charge in [-0.1, -0.05) is 26.3 Å². The highest BCUT2D eigenvalue weighted by Gasteiger charge is 2.12. The zero-order valence-corrected chi connectivity index (χ0v) is 11.4. The molecule has 4 N–H and O–H groups in total. The van der Waals surface area contributed by atoms with Gasteiger partial charge in [0.05, 0.1) is 0 Å². The number of nitrogens with one attached hydrogen (secondary N) is 2. The van der Waals surface area contributed by atoms with Crippen molar-refractivity contribution < 1.29 is 4.79 Å². The number of amides is 2. The van der Waals surface area contributed by atoms with Gasteiger partial charge < -0.3 is 16.4 Å². The minimum atomic E-state index is -0.261. The van der Waals surface area contributed by atoms with E-state index >= 15 is 0 Å². The smallest absolute Gasteiger partial charge is 0.323 e. The van der Waals surface area contributed by atoms with Gasteiger partial charge in [0, 0.05) is 17.6 Å². The summed E-state index contributed by atoms with van der Waals surface area (Å²) in [6.07, 6.45) is 1.73. The Kier molecular flexibility index (Phi) is 4.37.